The third-order valence-corrected chi connectivity index (χ3v) is 5.05. The first-order chi connectivity index (χ1) is 4.56. The molecule has 0 aliphatic carbocycles. The van der Waals surface area contributed by atoms with E-state index in [1.54, 1.807) is 12.6 Å². The molecule has 2 nitrogen and oxygen atoms in total. The number of carbonyl (C=O) groups is 1. The van der Waals surface area contributed by atoms with Gasteiger partial charge in [-0.1, -0.05) is 12.6 Å². The van der Waals surface area contributed by atoms with Crippen molar-refractivity contribution in [2.24, 2.45) is 0 Å². The monoisotopic (exact) mass is 157 g/mol. The van der Waals surface area contributed by atoms with Gasteiger partial charge in [0.25, 0.3) is 0 Å². The second-order valence-electron chi connectivity index (χ2n) is 2.49. The van der Waals surface area contributed by atoms with E-state index in [1.807, 2.05) is 13.5 Å². The third-order valence-electron chi connectivity index (χ3n) is 1.68. The van der Waals surface area contributed by atoms with Crippen LogP contribution in [-0.4, -0.2) is 20.2 Å². The minimum Gasteiger partial charge on any atom is -0.329 e. The van der Waals surface area contributed by atoms with Gasteiger partial charge in [0.1, 0.15) is 5.41 Å². The van der Waals surface area contributed by atoms with Crippen molar-refractivity contribution in [2.75, 3.05) is 6.54 Å². The molecule has 0 spiro atoms. The Balaban J connectivity index is 4.22. The molecule has 0 saturated heterocycles. The molecular formula is C7H15NOSi. The topological polar surface area (TPSA) is 29.1 Å². The number of hydrogen-bond acceptors (Lipinski definition) is 2. The van der Waals surface area contributed by atoms with Crippen LogP contribution in [0, 0.1) is 0 Å². The lowest BCUT2D eigenvalue weighted by molar-refractivity contribution is -0.110. The zero-order chi connectivity index (χ0) is 8.20. The van der Waals surface area contributed by atoms with Crippen LogP contribution in [0.5, 0.6) is 0 Å². The largest absolute Gasteiger partial charge is 0.329 e. The molecule has 0 aromatic heterocycles. The molecule has 0 bridgehead atoms. The van der Waals surface area contributed by atoms with Crippen molar-refractivity contribution in [3.8, 4) is 0 Å². The highest BCUT2D eigenvalue weighted by Crippen LogP contribution is 1.99. The van der Waals surface area contributed by atoms with Crippen LogP contribution in [0.3, 0.4) is 0 Å². The summed E-state index contributed by atoms with van der Waals surface area (Å²) in [4.78, 5) is 14.2. The van der Waals surface area contributed by atoms with Gasteiger partial charge in [0.15, 0.2) is 0 Å². The Morgan fingerprint density at radius 2 is 2.30 bits per heavy atom. The van der Waals surface area contributed by atoms with E-state index >= 15 is 0 Å². The molecule has 0 radical (unpaired) electrons. The first-order valence-corrected chi connectivity index (χ1v) is 6.04. The van der Waals surface area contributed by atoms with Gasteiger partial charge in [-0.3, -0.25) is 0 Å². The maximum Gasteiger partial charge on any atom is 0.222 e. The quantitative estimate of drug-likeness (QED) is 0.617. The molecule has 0 heterocycles. The summed E-state index contributed by atoms with van der Waals surface area (Å²) >= 11 is 0. The van der Waals surface area contributed by atoms with Crippen molar-refractivity contribution in [1.82, 2.24) is 4.98 Å². The lowest BCUT2D eigenvalue weighted by Gasteiger charge is -2.19. The smallest absolute Gasteiger partial charge is 0.222 e. The number of carbonyl (C=O) groups excluding carboxylic acids is 1. The van der Waals surface area contributed by atoms with Gasteiger partial charge < -0.3 is 9.78 Å². The summed E-state index contributed by atoms with van der Waals surface area (Å²) in [5.74, 6) is 0. The Labute approximate surface area is 63.4 Å². The van der Waals surface area contributed by atoms with E-state index in [9.17, 15) is 4.79 Å². The zero-order valence-corrected chi connectivity index (χ0v) is 7.90. The maximum absolute atomic E-state index is 11.0. The van der Waals surface area contributed by atoms with E-state index in [4.69, 9.17) is 0 Å². The number of nitrogens with one attached hydrogen (secondary N) is 1. The van der Waals surface area contributed by atoms with E-state index in [0.29, 0.717) is 0 Å². The Bertz CT molecular complexity index is 147. The van der Waals surface area contributed by atoms with Crippen LogP contribution in [0.25, 0.3) is 0 Å². The van der Waals surface area contributed by atoms with E-state index in [2.05, 4.69) is 11.6 Å². The molecule has 1 atom stereocenters. The molecule has 1 N–H and O–H groups in total. The minimum absolute atomic E-state index is 0.240. The summed E-state index contributed by atoms with van der Waals surface area (Å²) in [6.45, 7) is 10.1. The lowest BCUT2D eigenvalue weighted by Crippen LogP contribution is -2.52. The maximum atomic E-state index is 11.0. The SMILES string of the molecule is C=C[Si](C)(NCC)C(C)=O. The predicted octanol–water partition coefficient (Wildman–Crippen LogP) is 1.02. The molecule has 0 amide bonds. The predicted molar refractivity (Wildman–Crippen MR) is 46.2 cm³/mol. The molecule has 0 saturated carbocycles. The fourth-order valence-electron chi connectivity index (χ4n) is 0.708. The van der Waals surface area contributed by atoms with Crippen molar-refractivity contribution < 1.29 is 4.79 Å². The Hall–Kier alpha value is -0.413. The van der Waals surface area contributed by atoms with Gasteiger partial charge in [0.05, 0.1) is 0 Å². The highest BCUT2D eigenvalue weighted by atomic mass is 28.3. The highest BCUT2D eigenvalue weighted by molar-refractivity contribution is 7.06. The van der Waals surface area contributed by atoms with Crippen LogP contribution in [0.2, 0.25) is 6.55 Å². The standard InChI is InChI=1S/C7H15NOSi/c1-5-8-10(4,6-2)7(3)9/h6,8H,2,5H2,1,3-4H3. The average Bonchev–Trinajstić information content (AvgIpc) is 1.88. The summed E-state index contributed by atoms with van der Waals surface area (Å²) in [5, 5.41) is 0.240. The first-order valence-electron chi connectivity index (χ1n) is 3.46. The molecule has 3 heteroatoms. The molecule has 0 aromatic carbocycles. The van der Waals surface area contributed by atoms with Crippen LogP contribution < -0.4 is 4.98 Å². The molecule has 58 valence electrons. The van der Waals surface area contributed by atoms with E-state index in [-0.39, 0.29) is 5.41 Å². The highest BCUT2D eigenvalue weighted by Gasteiger charge is 2.27. The van der Waals surface area contributed by atoms with Gasteiger partial charge in [0, 0.05) is 0 Å². The van der Waals surface area contributed by atoms with Crippen LogP contribution >= 0.6 is 0 Å². The van der Waals surface area contributed by atoms with Gasteiger partial charge >= 0.3 is 0 Å². The second-order valence-corrected chi connectivity index (χ2v) is 6.36. The van der Waals surface area contributed by atoms with Crippen LogP contribution in [0.1, 0.15) is 13.8 Å². The Kier molecular flexibility index (Phi) is 3.53. The summed E-state index contributed by atoms with van der Waals surface area (Å²) < 4.78 is 0. The van der Waals surface area contributed by atoms with E-state index in [1.165, 1.54) is 0 Å². The fraction of sp³-hybridized carbons (Fsp3) is 0.571. The summed E-state index contributed by atoms with van der Waals surface area (Å²) in [6.07, 6.45) is 0. The molecule has 0 fully saturated rings. The molecule has 0 aliphatic rings. The van der Waals surface area contributed by atoms with E-state index < -0.39 is 8.24 Å². The van der Waals surface area contributed by atoms with Gasteiger partial charge in [-0.05, 0) is 20.0 Å². The first kappa shape index (κ1) is 9.59. The van der Waals surface area contributed by atoms with Crippen LogP contribution in [-0.2, 0) is 4.79 Å². The molecule has 1 unspecified atom stereocenters. The Morgan fingerprint density at radius 3 is 2.40 bits per heavy atom. The van der Waals surface area contributed by atoms with Crippen molar-refractivity contribution in [1.29, 1.82) is 0 Å². The van der Waals surface area contributed by atoms with Crippen LogP contribution in [0.15, 0.2) is 12.3 Å². The van der Waals surface area contributed by atoms with Crippen molar-refractivity contribution in [2.45, 2.75) is 20.4 Å². The van der Waals surface area contributed by atoms with Gasteiger partial charge in [-0.25, -0.2) is 0 Å². The van der Waals surface area contributed by atoms with E-state index in [0.717, 1.165) is 6.54 Å². The molecule has 0 aliphatic heterocycles. The second kappa shape index (κ2) is 3.68. The van der Waals surface area contributed by atoms with Gasteiger partial charge in [-0.15, -0.1) is 6.58 Å². The number of rotatable bonds is 4. The van der Waals surface area contributed by atoms with Gasteiger partial charge in [0.2, 0.25) is 8.24 Å². The lowest BCUT2D eigenvalue weighted by atomic mass is 10.8. The zero-order valence-electron chi connectivity index (χ0n) is 6.90. The van der Waals surface area contributed by atoms with Crippen molar-refractivity contribution in [3.63, 3.8) is 0 Å². The molecule has 0 rings (SSSR count). The molecule has 0 aromatic rings. The normalized spacial score (nSPS) is 15.9. The fourth-order valence-corrected chi connectivity index (χ4v) is 2.12. The summed E-state index contributed by atoms with van der Waals surface area (Å²) in [5.41, 5.74) is 1.78. The van der Waals surface area contributed by atoms with Crippen LogP contribution in [0.4, 0.5) is 0 Å². The van der Waals surface area contributed by atoms with Crippen molar-refractivity contribution in [3.05, 3.63) is 12.3 Å². The minimum atomic E-state index is -1.93. The number of hydrogen-bond donors (Lipinski definition) is 1. The molecular weight excluding hydrogens is 142 g/mol. The molecule has 10 heavy (non-hydrogen) atoms. The summed E-state index contributed by atoms with van der Waals surface area (Å²) in [6, 6.07) is 0. The van der Waals surface area contributed by atoms with Crippen molar-refractivity contribution >= 4 is 13.6 Å². The third kappa shape index (κ3) is 2.08. The average molecular weight is 157 g/mol. The Morgan fingerprint density at radius 1 is 1.80 bits per heavy atom. The summed E-state index contributed by atoms with van der Waals surface area (Å²) in [7, 11) is -1.93. The van der Waals surface area contributed by atoms with Gasteiger partial charge in [-0.2, -0.15) is 0 Å².